The molecule has 0 N–H and O–H groups in total. The van der Waals surface area contributed by atoms with Gasteiger partial charge in [-0.3, -0.25) is 0 Å². The van der Waals surface area contributed by atoms with E-state index in [1.165, 1.54) is 22.0 Å². The molecule has 0 aliphatic carbocycles. The topological polar surface area (TPSA) is 32.9 Å². The summed E-state index contributed by atoms with van der Waals surface area (Å²) in [6.07, 6.45) is 26.4. The molecule has 0 fully saturated rings. The summed E-state index contributed by atoms with van der Waals surface area (Å²) in [7, 11) is 2.11. The highest BCUT2D eigenvalue weighted by Crippen LogP contribution is 2.33. The summed E-state index contributed by atoms with van der Waals surface area (Å²) in [5.74, 6) is 0.189. The molecule has 2 aliphatic rings. The van der Waals surface area contributed by atoms with Crippen LogP contribution in [0.1, 0.15) is 69.8 Å². The number of thiol groups is 1. The van der Waals surface area contributed by atoms with Gasteiger partial charge in [-0.2, -0.15) is 10.2 Å². The maximum absolute atomic E-state index is 4.83. The molecular weight excluding hydrogens is 653 g/mol. The normalized spacial score (nSPS) is 17.5. The smallest absolute Gasteiger partial charge is 0.0760 e. The molecule has 4 nitrogen and oxygen atoms in total. The van der Waals surface area contributed by atoms with E-state index in [4.69, 9.17) is 12.8 Å². The van der Waals surface area contributed by atoms with Crippen LogP contribution in [-0.4, -0.2) is 26.8 Å². The summed E-state index contributed by atoms with van der Waals surface area (Å²) in [5.41, 5.74) is 13.4. The zero-order valence-electron chi connectivity index (χ0n) is 32.1. The first kappa shape index (κ1) is 41.3. The highest BCUT2D eigenvalue weighted by Gasteiger charge is 2.20. The highest BCUT2D eigenvalue weighted by molar-refractivity contribution is 7.77. The molecule has 1 unspecified atom stereocenters. The second-order valence-corrected chi connectivity index (χ2v) is 12.7. The van der Waals surface area contributed by atoms with Crippen LogP contribution in [0.3, 0.4) is 0 Å². The van der Waals surface area contributed by atoms with E-state index in [2.05, 4.69) is 141 Å². The van der Waals surface area contributed by atoms with Gasteiger partial charge in [0.25, 0.3) is 0 Å². The van der Waals surface area contributed by atoms with Gasteiger partial charge in [-0.25, -0.2) is 0 Å². The molecule has 3 heterocycles. The van der Waals surface area contributed by atoms with Crippen molar-refractivity contribution in [2.24, 2.45) is 23.2 Å². The number of allylic oxidation sites excluding steroid dienone is 11. The summed E-state index contributed by atoms with van der Waals surface area (Å²) in [5, 5.41) is 10.4. The summed E-state index contributed by atoms with van der Waals surface area (Å²) < 4.78 is 4.23. The fourth-order valence-electron chi connectivity index (χ4n) is 6.14. The molecule has 270 valence electrons. The van der Waals surface area contributed by atoms with Crippen molar-refractivity contribution in [2.75, 3.05) is 6.54 Å². The molecule has 0 saturated heterocycles. The number of benzene rings is 2. The van der Waals surface area contributed by atoms with E-state index >= 15 is 0 Å². The predicted molar refractivity (Wildman–Crippen MR) is 236 cm³/mol. The molecule has 1 aromatic heterocycles. The average Bonchev–Trinajstić information content (AvgIpc) is 3.78. The lowest BCUT2D eigenvalue weighted by Crippen LogP contribution is -2.13. The van der Waals surface area contributed by atoms with E-state index in [1.807, 2.05) is 49.4 Å². The molecule has 1 atom stereocenters. The van der Waals surface area contributed by atoms with Crippen LogP contribution in [0.15, 0.2) is 157 Å². The van der Waals surface area contributed by atoms with Gasteiger partial charge in [0.2, 0.25) is 0 Å². The molecule has 5 rings (SSSR count). The maximum Gasteiger partial charge on any atom is 0.0760 e. The second kappa shape index (κ2) is 20.7. The first-order chi connectivity index (χ1) is 25.2. The SMILES string of the molecule is C=CC=C.C=Cc1c(/C=C\C)n(C)c2ccc(-c3cc(C/C=C\C4=C(/CC)C(=C)/C=C\C=C/CN4S)cc(C4=NN=C(C(C)C=C)C4)c3)cc12.CC. The van der Waals surface area contributed by atoms with Gasteiger partial charge in [0.05, 0.1) is 17.1 Å². The number of nitrogens with zero attached hydrogens (tertiary/aromatic N) is 4. The van der Waals surface area contributed by atoms with Crippen LogP contribution in [0.25, 0.3) is 34.2 Å². The van der Waals surface area contributed by atoms with Gasteiger partial charge in [0.1, 0.15) is 0 Å². The van der Waals surface area contributed by atoms with Crippen LogP contribution in [-0.2, 0) is 13.5 Å². The molecule has 5 heteroatoms. The molecule has 2 aliphatic heterocycles. The maximum atomic E-state index is 4.83. The van der Waals surface area contributed by atoms with Gasteiger partial charge in [-0.05, 0) is 89.6 Å². The number of hydrogen-bond acceptors (Lipinski definition) is 4. The zero-order valence-corrected chi connectivity index (χ0v) is 33.0. The monoisotopic (exact) mass is 708 g/mol. The van der Waals surface area contributed by atoms with Gasteiger partial charge in [-0.1, -0.05) is 140 Å². The Morgan fingerprint density at radius 3 is 2.33 bits per heavy atom. The van der Waals surface area contributed by atoms with E-state index in [0.29, 0.717) is 6.54 Å². The van der Waals surface area contributed by atoms with E-state index < -0.39 is 0 Å². The minimum absolute atomic E-state index is 0.189. The van der Waals surface area contributed by atoms with Crippen LogP contribution < -0.4 is 0 Å². The molecule has 0 saturated carbocycles. The molecule has 52 heavy (non-hydrogen) atoms. The van der Waals surface area contributed by atoms with Crippen molar-refractivity contribution in [1.29, 1.82) is 0 Å². The van der Waals surface area contributed by atoms with Crippen LogP contribution >= 0.6 is 12.8 Å². The van der Waals surface area contributed by atoms with Crippen molar-refractivity contribution >= 4 is 47.3 Å². The Bertz CT molecular complexity index is 2000. The largest absolute Gasteiger partial charge is 0.344 e. The molecule has 0 bridgehead atoms. The third kappa shape index (κ3) is 10.0. The number of aromatic nitrogens is 1. The van der Waals surface area contributed by atoms with Crippen molar-refractivity contribution in [3.05, 3.63) is 169 Å². The van der Waals surface area contributed by atoms with Crippen LogP contribution in [0.2, 0.25) is 0 Å². The minimum Gasteiger partial charge on any atom is -0.344 e. The number of fused-ring (bicyclic) bond motifs is 1. The second-order valence-electron chi connectivity index (χ2n) is 12.2. The van der Waals surface area contributed by atoms with Crippen LogP contribution in [0.4, 0.5) is 0 Å². The molecule has 0 radical (unpaired) electrons. The van der Waals surface area contributed by atoms with Crippen molar-refractivity contribution in [1.82, 2.24) is 8.87 Å². The first-order valence-corrected chi connectivity index (χ1v) is 18.5. The Labute approximate surface area is 319 Å². The van der Waals surface area contributed by atoms with E-state index in [0.717, 1.165) is 69.9 Å². The molecule has 3 aromatic rings. The number of aryl methyl sites for hydroxylation is 1. The Kier molecular flexibility index (Phi) is 16.4. The third-order valence-electron chi connectivity index (χ3n) is 8.95. The third-order valence-corrected chi connectivity index (χ3v) is 9.33. The Hall–Kier alpha value is -5.13. The quantitative estimate of drug-likeness (QED) is 0.120. The van der Waals surface area contributed by atoms with Gasteiger partial charge in [0.15, 0.2) is 0 Å². The van der Waals surface area contributed by atoms with Gasteiger partial charge in [-0.15, -0.1) is 6.58 Å². The average molecular weight is 709 g/mol. The first-order valence-electron chi connectivity index (χ1n) is 18.1. The summed E-state index contributed by atoms with van der Waals surface area (Å²) in [6.45, 7) is 30.2. The fourth-order valence-corrected chi connectivity index (χ4v) is 6.42. The lowest BCUT2D eigenvalue weighted by atomic mass is 9.92. The molecule has 2 aromatic carbocycles. The predicted octanol–water partition coefficient (Wildman–Crippen LogP) is 12.9. The lowest BCUT2D eigenvalue weighted by Gasteiger charge is -2.21. The van der Waals surface area contributed by atoms with Gasteiger partial charge in [0, 0.05) is 48.1 Å². The van der Waals surface area contributed by atoms with Crippen LogP contribution in [0.5, 0.6) is 0 Å². The summed E-state index contributed by atoms with van der Waals surface area (Å²) in [4.78, 5) is 0. The van der Waals surface area contributed by atoms with Crippen molar-refractivity contribution in [3.8, 4) is 11.1 Å². The Balaban J connectivity index is 0.00000114. The van der Waals surface area contributed by atoms with Crippen molar-refractivity contribution < 1.29 is 0 Å². The van der Waals surface area contributed by atoms with E-state index in [-0.39, 0.29) is 5.92 Å². The van der Waals surface area contributed by atoms with Crippen molar-refractivity contribution in [2.45, 2.75) is 53.9 Å². The fraction of sp³-hybridized carbons (Fsp3) is 0.234. The lowest BCUT2D eigenvalue weighted by molar-refractivity contribution is 0.656. The van der Waals surface area contributed by atoms with E-state index in [1.54, 1.807) is 12.2 Å². The van der Waals surface area contributed by atoms with Gasteiger partial charge < -0.3 is 8.87 Å². The molecular formula is C47H56N4S. The summed E-state index contributed by atoms with van der Waals surface area (Å²) in [6, 6.07) is 13.5. The van der Waals surface area contributed by atoms with Crippen LogP contribution in [0, 0.1) is 5.92 Å². The van der Waals surface area contributed by atoms with E-state index in [9.17, 15) is 0 Å². The van der Waals surface area contributed by atoms with Gasteiger partial charge >= 0.3 is 0 Å². The summed E-state index contributed by atoms with van der Waals surface area (Å²) >= 11 is 4.83. The highest BCUT2D eigenvalue weighted by atomic mass is 32.1. The Morgan fingerprint density at radius 2 is 1.67 bits per heavy atom. The Morgan fingerprint density at radius 1 is 0.942 bits per heavy atom. The zero-order chi connectivity index (χ0) is 38.2. The minimum atomic E-state index is 0.189. The molecule has 0 amide bonds. The number of hydrogen-bond donors (Lipinski definition) is 1. The van der Waals surface area contributed by atoms with Crippen molar-refractivity contribution in [3.63, 3.8) is 0 Å². The number of rotatable bonds is 11. The standard InChI is InChI=1S/C41H44N4S.C4H6.C2H6/c1-8-16-39-35(11-4)36-26-31(20-21-40(36)44(39)7)32-23-30(24-33(25-32)38-27-37(42-43-38)28(5)9-2)18-15-19-41-34(10-3)29(6)17-13-12-14-22-45(41)46;1-3-4-2;1-2/h8-9,11-17,19-21,23-26,28,46H,2,4,6,10,18,22,27H2,1,3,5,7H3;3-4H,1-2H2;1-2H3/b14-12-,16-8-,17-13-,19-15-,41-34-;;. The molecule has 0 spiro atoms.